The minimum Gasteiger partial charge on any atom is -0.324 e. The van der Waals surface area contributed by atoms with Crippen molar-refractivity contribution in [3.8, 4) is 0 Å². The number of hydrogen-bond acceptors (Lipinski definition) is 4. The molecule has 1 saturated heterocycles. The Morgan fingerprint density at radius 3 is 2.48 bits per heavy atom. The van der Waals surface area contributed by atoms with Crippen LogP contribution in [0.1, 0.15) is 24.2 Å². The number of hydrogen-bond donors (Lipinski definition) is 0. The minimum absolute atomic E-state index is 0.101. The van der Waals surface area contributed by atoms with Crippen LogP contribution in [0.4, 0.5) is 13.6 Å². The molecule has 0 atom stereocenters. The first-order valence-corrected chi connectivity index (χ1v) is 8.61. The molecule has 0 aliphatic carbocycles. The second kappa shape index (κ2) is 6.57. The fourth-order valence-corrected chi connectivity index (χ4v) is 3.37. The molecule has 1 aromatic carbocycles. The number of rotatable bonds is 2. The summed E-state index contributed by atoms with van der Waals surface area (Å²) in [7, 11) is 1.52. The second-order valence-electron chi connectivity index (χ2n) is 6.60. The Bertz CT molecular complexity index is 1080. The van der Waals surface area contributed by atoms with Crippen molar-refractivity contribution in [2.45, 2.75) is 19.3 Å². The lowest BCUT2D eigenvalue weighted by Gasteiger charge is -2.14. The van der Waals surface area contributed by atoms with E-state index in [9.17, 15) is 18.4 Å². The van der Waals surface area contributed by atoms with Gasteiger partial charge in [0.1, 0.15) is 23.0 Å². The molecule has 4 rings (SSSR count). The molecule has 0 N–H and O–H groups in total. The summed E-state index contributed by atoms with van der Waals surface area (Å²) in [6.07, 6.45) is 3.33. The van der Waals surface area contributed by atoms with Crippen molar-refractivity contribution in [3.63, 3.8) is 0 Å². The summed E-state index contributed by atoms with van der Waals surface area (Å²) in [5.74, 6) is -1.06. The Hall–Kier alpha value is -3.10. The molecule has 0 unspecified atom stereocenters. The molecule has 1 amide bonds. The number of aryl methyl sites for hydroxylation is 1. The summed E-state index contributed by atoms with van der Waals surface area (Å²) in [5.41, 5.74) is 0.498. The van der Waals surface area contributed by atoms with Crippen molar-refractivity contribution in [2.75, 3.05) is 13.1 Å². The van der Waals surface area contributed by atoms with Crippen LogP contribution in [0.3, 0.4) is 0 Å². The lowest BCUT2D eigenvalue weighted by Crippen LogP contribution is -2.38. The van der Waals surface area contributed by atoms with Crippen LogP contribution in [-0.4, -0.2) is 43.1 Å². The van der Waals surface area contributed by atoms with Crippen LogP contribution in [0.5, 0.6) is 0 Å². The van der Waals surface area contributed by atoms with Crippen LogP contribution in [0.2, 0.25) is 0 Å². The first-order chi connectivity index (χ1) is 12.9. The third-order valence-corrected chi connectivity index (χ3v) is 4.69. The molecule has 1 aliphatic heterocycles. The smallest absolute Gasteiger partial charge is 0.324 e. The molecule has 9 heteroatoms. The van der Waals surface area contributed by atoms with E-state index in [0.29, 0.717) is 35.6 Å². The van der Waals surface area contributed by atoms with Gasteiger partial charge in [-0.1, -0.05) is 0 Å². The Morgan fingerprint density at radius 2 is 1.81 bits per heavy atom. The summed E-state index contributed by atoms with van der Waals surface area (Å²) in [4.78, 5) is 35.4. The molecule has 1 fully saturated rings. The average molecular weight is 373 g/mol. The molecule has 3 aromatic rings. The van der Waals surface area contributed by atoms with Crippen LogP contribution in [-0.2, 0) is 13.5 Å². The highest BCUT2D eigenvalue weighted by atomic mass is 19.1. The van der Waals surface area contributed by atoms with Gasteiger partial charge in [-0.15, -0.1) is 0 Å². The number of halogens is 2. The van der Waals surface area contributed by atoms with E-state index in [4.69, 9.17) is 0 Å². The maximum atomic E-state index is 13.4. The van der Waals surface area contributed by atoms with Crippen molar-refractivity contribution in [2.24, 2.45) is 7.05 Å². The highest BCUT2D eigenvalue weighted by Gasteiger charge is 2.25. The van der Waals surface area contributed by atoms with Gasteiger partial charge in [-0.25, -0.2) is 32.9 Å². The zero-order chi connectivity index (χ0) is 19.1. The SMILES string of the molecule is Cn1c(=O)n(C(=O)N2CCCC2)c2cnc(Cc3cc(F)cc(F)c3)nc21. The Balaban J connectivity index is 1.74. The predicted molar refractivity (Wildman–Crippen MR) is 93.5 cm³/mol. The third kappa shape index (κ3) is 3.09. The van der Waals surface area contributed by atoms with Crippen molar-refractivity contribution < 1.29 is 13.6 Å². The number of aromatic nitrogens is 4. The molecule has 2 aromatic heterocycles. The molecule has 27 heavy (non-hydrogen) atoms. The van der Waals surface area contributed by atoms with Gasteiger partial charge in [0, 0.05) is 32.6 Å². The topological polar surface area (TPSA) is 73.0 Å². The molecular weight excluding hydrogens is 356 g/mol. The summed E-state index contributed by atoms with van der Waals surface area (Å²) >= 11 is 0. The van der Waals surface area contributed by atoms with Crippen LogP contribution >= 0.6 is 0 Å². The Morgan fingerprint density at radius 1 is 1.15 bits per heavy atom. The van der Waals surface area contributed by atoms with E-state index in [2.05, 4.69) is 9.97 Å². The summed E-state index contributed by atoms with van der Waals surface area (Å²) in [6.45, 7) is 1.23. The lowest BCUT2D eigenvalue weighted by atomic mass is 10.1. The van der Waals surface area contributed by atoms with E-state index in [0.717, 1.165) is 23.5 Å². The third-order valence-electron chi connectivity index (χ3n) is 4.69. The van der Waals surface area contributed by atoms with E-state index < -0.39 is 17.3 Å². The minimum atomic E-state index is -0.680. The van der Waals surface area contributed by atoms with Gasteiger partial charge >= 0.3 is 11.7 Å². The molecule has 140 valence electrons. The second-order valence-corrected chi connectivity index (χ2v) is 6.60. The van der Waals surface area contributed by atoms with Gasteiger partial charge in [-0.3, -0.25) is 4.57 Å². The summed E-state index contributed by atoms with van der Waals surface area (Å²) in [5, 5.41) is 0. The maximum absolute atomic E-state index is 13.4. The van der Waals surface area contributed by atoms with E-state index in [1.807, 2.05) is 0 Å². The number of nitrogens with zero attached hydrogens (tertiary/aromatic N) is 5. The van der Waals surface area contributed by atoms with E-state index in [1.54, 1.807) is 4.90 Å². The number of imidazole rings is 1. The van der Waals surface area contributed by atoms with Crippen molar-refractivity contribution in [3.05, 3.63) is 57.9 Å². The maximum Gasteiger partial charge on any atom is 0.338 e. The first-order valence-electron chi connectivity index (χ1n) is 8.61. The van der Waals surface area contributed by atoms with Crippen LogP contribution in [0, 0.1) is 11.6 Å². The van der Waals surface area contributed by atoms with Gasteiger partial charge in [0.15, 0.2) is 5.65 Å². The Kier molecular flexibility index (Phi) is 4.21. The molecule has 0 spiro atoms. The van der Waals surface area contributed by atoms with Crippen LogP contribution in [0.15, 0.2) is 29.2 Å². The molecule has 3 heterocycles. The zero-order valence-electron chi connectivity index (χ0n) is 14.7. The molecule has 0 bridgehead atoms. The van der Waals surface area contributed by atoms with E-state index in [-0.39, 0.29) is 12.5 Å². The first kappa shape index (κ1) is 17.3. The number of carbonyl (C=O) groups excluding carboxylic acids is 1. The van der Waals surface area contributed by atoms with Gasteiger partial charge < -0.3 is 4.90 Å². The normalized spacial score (nSPS) is 14.3. The molecule has 7 nitrogen and oxygen atoms in total. The van der Waals surface area contributed by atoms with Gasteiger partial charge in [-0.05, 0) is 30.5 Å². The fourth-order valence-electron chi connectivity index (χ4n) is 3.37. The highest BCUT2D eigenvalue weighted by Crippen LogP contribution is 2.16. The zero-order valence-corrected chi connectivity index (χ0v) is 14.7. The molecular formula is C18H17F2N5O2. The standard InChI is InChI=1S/C18H17F2N5O2/c1-23-16-14(25(17(23)26)18(27)24-4-2-3-5-24)10-21-15(22-16)8-11-6-12(19)9-13(20)7-11/h6-7,9-10H,2-5,8H2,1H3. The Labute approximate surface area is 152 Å². The van der Waals surface area contributed by atoms with Crippen LogP contribution in [0.25, 0.3) is 11.2 Å². The van der Waals surface area contributed by atoms with Gasteiger partial charge in [-0.2, -0.15) is 0 Å². The molecule has 1 aliphatic rings. The van der Waals surface area contributed by atoms with Crippen molar-refractivity contribution in [1.29, 1.82) is 0 Å². The fraction of sp³-hybridized carbons (Fsp3) is 0.333. The predicted octanol–water partition coefficient (Wildman–Crippen LogP) is 2.06. The lowest BCUT2D eigenvalue weighted by molar-refractivity contribution is 0.210. The summed E-state index contributed by atoms with van der Waals surface area (Å²) in [6, 6.07) is 2.82. The number of likely N-dealkylation sites (tertiary alicyclic amines) is 1. The number of benzene rings is 1. The number of amides is 1. The quantitative estimate of drug-likeness (QED) is 0.689. The monoisotopic (exact) mass is 373 g/mol. The van der Waals surface area contributed by atoms with Gasteiger partial charge in [0.2, 0.25) is 0 Å². The largest absolute Gasteiger partial charge is 0.338 e. The van der Waals surface area contributed by atoms with E-state index >= 15 is 0 Å². The van der Waals surface area contributed by atoms with Gasteiger partial charge in [0.05, 0.1) is 6.20 Å². The van der Waals surface area contributed by atoms with Crippen LogP contribution < -0.4 is 5.69 Å². The van der Waals surface area contributed by atoms with Crippen molar-refractivity contribution >= 4 is 17.2 Å². The molecule has 0 radical (unpaired) electrons. The van der Waals surface area contributed by atoms with Crippen molar-refractivity contribution in [1.82, 2.24) is 24.0 Å². The average Bonchev–Trinajstić information content (AvgIpc) is 3.22. The molecule has 0 saturated carbocycles. The number of fused-ring (bicyclic) bond motifs is 1. The van der Waals surface area contributed by atoms with Gasteiger partial charge in [0.25, 0.3) is 0 Å². The highest BCUT2D eigenvalue weighted by molar-refractivity contribution is 5.87. The summed E-state index contributed by atoms with van der Waals surface area (Å²) < 4.78 is 29.1. The number of carbonyl (C=O) groups is 1. The van der Waals surface area contributed by atoms with E-state index in [1.165, 1.54) is 29.9 Å².